The van der Waals surface area contributed by atoms with Crippen LogP contribution < -0.4 is 5.32 Å². The molecule has 0 fully saturated rings. The van der Waals surface area contributed by atoms with E-state index >= 15 is 0 Å². The van der Waals surface area contributed by atoms with Crippen molar-refractivity contribution in [1.29, 1.82) is 0 Å². The van der Waals surface area contributed by atoms with Gasteiger partial charge in [0.1, 0.15) is 11.6 Å². The molecule has 92 valence electrons. The van der Waals surface area contributed by atoms with Crippen LogP contribution in [0.25, 0.3) is 0 Å². The van der Waals surface area contributed by atoms with Crippen molar-refractivity contribution in [3.63, 3.8) is 0 Å². The fourth-order valence-electron chi connectivity index (χ4n) is 1.43. The normalized spacial score (nSPS) is 10.1. The van der Waals surface area contributed by atoms with E-state index in [1.54, 1.807) is 24.3 Å². The molecule has 0 bridgehead atoms. The predicted molar refractivity (Wildman–Crippen MR) is 70.2 cm³/mol. The first-order valence-corrected chi connectivity index (χ1v) is 5.91. The van der Waals surface area contributed by atoms with Gasteiger partial charge in [-0.2, -0.15) is 0 Å². The van der Waals surface area contributed by atoms with Gasteiger partial charge in [0, 0.05) is 16.2 Å². The lowest BCUT2D eigenvalue weighted by Crippen LogP contribution is -2.12. The number of phenolic OH excluding ortho intramolecular Hbond substituents is 1. The van der Waals surface area contributed by atoms with Crippen molar-refractivity contribution in [3.05, 3.63) is 58.3 Å². The minimum Gasteiger partial charge on any atom is -0.507 e. The molecule has 0 spiro atoms. The zero-order chi connectivity index (χ0) is 13.1. The maximum atomic E-state index is 12.8. The molecule has 2 N–H and O–H groups in total. The Morgan fingerprint density at radius 3 is 2.44 bits per heavy atom. The molecule has 0 saturated carbocycles. The molecular formula is C13H9BrFNO2. The number of aromatic hydroxyl groups is 1. The van der Waals surface area contributed by atoms with Crippen LogP contribution in [-0.4, -0.2) is 11.0 Å². The highest BCUT2D eigenvalue weighted by molar-refractivity contribution is 9.10. The molecule has 0 aliphatic carbocycles. The van der Waals surface area contributed by atoms with Crippen molar-refractivity contribution in [3.8, 4) is 5.75 Å². The number of hydrogen-bond donors (Lipinski definition) is 2. The molecular weight excluding hydrogens is 301 g/mol. The van der Waals surface area contributed by atoms with Crippen molar-refractivity contribution in [2.24, 2.45) is 0 Å². The van der Waals surface area contributed by atoms with Gasteiger partial charge in [-0.25, -0.2) is 4.39 Å². The summed E-state index contributed by atoms with van der Waals surface area (Å²) in [4.78, 5) is 11.8. The van der Waals surface area contributed by atoms with Gasteiger partial charge < -0.3 is 10.4 Å². The number of phenols is 1. The number of nitrogens with one attached hydrogen (secondary N) is 1. The first-order chi connectivity index (χ1) is 8.56. The summed E-state index contributed by atoms with van der Waals surface area (Å²) in [6.07, 6.45) is 0. The molecule has 0 aliphatic rings. The van der Waals surface area contributed by atoms with E-state index in [2.05, 4.69) is 21.2 Å². The lowest BCUT2D eigenvalue weighted by Gasteiger charge is -2.06. The second-order valence-corrected chi connectivity index (χ2v) is 4.54. The summed E-state index contributed by atoms with van der Waals surface area (Å²) in [6, 6.07) is 10.2. The molecule has 2 aromatic rings. The third-order valence-corrected chi connectivity index (χ3v) is 2.84. The average molecular weight is 310 g/mol. The fraction of sp³-hybridized carbons (Fsp3) is 0. The number of hydrogen-bond acceptors (Lipinski definition) is 2. The Labute approximate surface area is 111 Å². The van der Waals surface area contributed by atoms with Gasteiger partial charge in [-0.3, -0.25) is 4.79 Å². The van der Waals surface area contributed by atoms with E-state index in [4.69, 9.17) is 0 Å². The Balaban J connectivity index is 2.19. The lowest BCUT2D eigenvalue weighted by atomic mass is 10.2. The number of amides is 1. The highest BCUT2D eigenvalue weighted by Gasteiger charge is 2.11. The Bertz CT molecular complexity index is 584. The topological polar surface area (TPSA) is 49.3 Å². The van der Waals surface area contributed by atoms with Crippen molar-refractivity contribution >= 4 is 27.5 Å². The molecule has 0 atom stereocenters. The lowest BCUT2D eigenvalue weighted by molar-refractivity contribution is 0.102. The van der Waals surface area contributed by atoms with Gasteiger partial charge in [0.2, 0.25) is 0 Å². The fourth-order valence-corrected chi connectivity index (χ4v) is 1.69. The standard InChI is InChI=1S/C13H9BrFNO2/c14-8-1-4-10(5-2-8)16-13(18)11-6-3-9(15)7-12(11)17/h1-7,17H,(H,16,18). The molecule has 0 radical (unpaired) electrons. The van der Waals surface area contributed by atoms with Crippen molar-refractivity contribution < 1.29 is 14.3 Å². The monoisotopic (exact) mass is 309 g/mol. The first-order valence-electron chi connectivity index (χ1n) is 5.12. The number of anilines is 1. The third kappa shape index (κ3) is 2.87. The van der Waals surface area contributed by atoms with Gasteiger partial charge in [0.15, 0.2) is 0 Å². The number of carbonyl (C=O) groups excluding carboxylic acids is 1. The minimum atomic E-state index is -0.590. The molecule has 0 aliphatic heterocycles. The third-order valence-electron chi connectivity index (χ3n) is 2.31. The van der Waals surface area contributed by atoms with Crippen LogP contribution >= 0.6 is 15.9 Å². The second-order valence-electron chi connectivity index (χ2n) is 3.62. The molecule has 3 nitrogen and oxygen atoms in total. The zero-order valence-electron chi connectivity index (χ0n) is 9.15. The first kappa shape index (κ1) is 12.6. The smallest absolute Gasteiger partial charge is 0.259 e. The quantitative estimate of drug-likeness (QED) is 0.891. The van der Waals surface area contributed by atoms with Crippen LogP contribution in [0.2, 0.25) is 0 Å². The van der Waals surface area contributed by atoms with E-state index in [0.29, 0.717) is 5.69 Å². The van der Waals surface area contributed by atoms with E-state index in [-0.39, 0.29) is 11.3 Å². The summed E-state index contributed by atoms with van der Waals surface area (Å²) < 4.78 is 13.7. The summed E-state index contributed by atoms with van der Waals surface area (Å²) in [5.41, 5.74) is 0.617. The molecule has 2 aromatic carbocycles. The van der Waals surface area contributed by atoms with E-state index in [1.165, 1.54) is 6.07 Å². The second kappa shape index (κ2) is 5.18. The highest BCUT2D eigenvalue weighted by Crippen LogP contribution is 2.20. The van der Waals surface area contributed by atoms with Crippen LogP contribution in [0.1, 0.15) is 10.4 Å². The highest BCUT2D eigenvalue weighted by atomic mass is 79.9. The Hall–Kier alpha value is -1.88. The summed E-state index contributed by atoms with van der Waals surface area (Å²) >= 11 is 3.28. The van der Waals surface area contributed by atoms with Crippen LogP contribution in [0.4, 0.5) is 10.1 Å². The number of rotatable bonds is 2. The number of benzene rings is 2. The molecule has 5 heteroatoms. The summed E-state index contributed by atoms with van der Waals surface area (Å²) in [5, 5.41) is 12.1. The van der Waals surface area contributed by atoms with Gasteiger partial charge in [0.25, 0.3) is 5.91 Å². The van der Waals surface area contributed by atoms with Crippen molar-refractivity contribution in [2.45, 2.75) is 0 Å². The molecule has 0 aromatic heterocycles. The Morgan fingerprint density at radius 1 is 1.17 bits per heavy atom. The summed E-state index contributed by atoms with van der Waals surface area (Å²) in [6.45, 7) is 0. The van der Waals surface area contributed by atoms with Gasteiger partial charge in [-0.15, -0.1) is 0 Å². The SMILES string of the molecule is O=C(Nc1ccc(Br)cc1)c1ccc(F)cc1O. The molecule has 0 saturated heterocycles. The predicted octanol–water partition coefficient (Wildman–Crippen LogP) is 3.55. The van der Waals surface area contributed by atoms with Crippen LogP contribution in [-0.2, 0) is 0 Å². The van der Waals surface area contributed by atoms with Gasteiger partial charge >= 0.3 is 0 Å². The molecule has 0 unspecified atom stereocenters. The Morgan fingerprint density at radius 2 is 1.83 bits per heavy atom. The van der Waals surface area contributed by atoms with E-state index in [9.17, 15) is 14.3 Å². The van der Waals surface area contributed by atoms with Gasteiger partial charge in [-0.1, -0.05) is 15.9 Å². The molecule has 18 heavy (non-hydrogen) atoms. The van der Waals surface area contributed by atoms with Gasteiger partial charge in [0.05, 0.1) is 5.56 Å². The van der Waals surface area contributed by atoms with Crippen molar-refractivity contribution in [1.82, 2.24) is 0 Å². The summed E-state index contributed by atoms with van der Waals surface area (Å²) in [5.74, 6) is -1.47. The van der Waals surface area contributed by atoms with Gasteiger partial charge in [-0.05, 0) is 36.4 Å². The maximum Gasteiger partial charge on any atom is 0.259 e. The average Bonchev–Trinajstić information content (AvgIpc) is 2.32. The molecule has 2 rings (SSSR count). The van der Waals surface area contributed by atoms with E-state index < -0.39 is 11.7 Å². The maximum absolute atomic E-state index is 12.8. The number of halogens is 2. The van der Waals surface area contributed by atoms with E-state index in [1.807, 2.05) is 0 Å². The van der Waals surface area contributed by atoms with Crippen LogP contribution in [0.15, 0.2) is 46.9 Å². The zero-order valence-corrected chi connectivity index (χ0v) is 10.7. The van der Waals surface area contributed by atoms with E-state index in [0.717, 1.165) is 16.6 Å². The van der Waals surface area contributed by atoms with Crippen LogP contribution in [0, 0.1) is 5.82 Å². The summed E-state index contributed by atoms with van der Waals surface area (Å²) in [7, 11) is 0. The minimum absolute atomic E-state index is 0.0271. The van der Waals surface area contributed by atoms with Crippen LogP contribution in [0.5, 0.6) is 5.75 Å². The largest absolute Gasteiger partial charge is 0.507 e. The molecule has 0 heterocycles. The van der Waals surface area contributed by atoms with Crippen LogP contribution in [0.3, 0.4) is 0 Å². The molecule has 1 amide bonds. The Kier molecular flexibility index (Phi) is 3.62. The van der Waals surface area contributed by atoms with Crippen molar-refractivity contribution in [2.75, 3.05) is 5.32 Å². The number of carbonyl (C=O) groups is 1.